The van der Waals surface area contributed by atoms with Gasteiger partial charge in [-0.15, -0.1) is 0 Å². The van der Waals surface area contributed by atoms with Crippen molar-refractivity contribution in [3.8, 4) is 5.75 Å². The fraction of sp³-hybridized carbons (Fsp3) is 0.300. The van der Waals surface area contributed by atoms with Gasteiger partial charge in [-0.05, 0) is 25.1 Å². The molecule has 0 aliphatic rings. The molecule has 15 heavy (non-hydrogen) atoms. The molecule has 0 spiro atoms. The molecule has 2 N–H and O–H groups in total. The average molecular weight is 248 g/mol. The second kappa shape index (κ2) is 5.28. The highest BCUT2D eigenvalue weighted by Crippen LogP contribution is 2.26. The van der Waals surface area contributed by atoms with E-state index in [1.54, 1.807) is 0 Å². The molecule has 0 fully saturated rings. The predicted molar refractivity (Wildman–Crippen MR) is 62.9 cm³/mol. The molecule has 1 aromatic rings. The van der Waals surface area contributed by atoms with Gasteiger partial charge >= 0.3 is 0 Å². The van der Waals surface area contributed by atoms with Crippen LogP contribution in [0.15, 0.2) is 18.2 Å². The summed E-state index contributed by atoms with van der Waals surface area (Å²) in [6.45, 7) is 1.82. The molecule has 0 saturated heterocycles. The zero-order valence-corrected chi connectivity index (χ0v) is 9.74. The molecule has 1 unspecified atom stereocenters. The lowest BCUT2D eigenvalue weighted by Gasteiger charge is -2.14. The Morgan fingerprint density at radius 3 is 2.87 bits per heavy atom. The topological polar surface area (TPSA) is 35.2 Å². The van der Waals surface area contributed by atoms with Gasteiger partial charge in [0, 0.05) is 6.42 Å². The van der Waals surface area contributed by atoms with Crippen molar-refractivity contribution in [1.82, 2.24) is 0 Å². The van der Waals surface area contributed by atoms with Crippen LogP contribution in [0.1, 0.15) is 13.3 Å². The van der Waals surface area contributed by atoms with Crippen molar-refractivity contribution >= 4 is 28.8 Å². The van der Waals surface area contributed by atoms with Gasteiger partial charge in [0.05, 0.1) is 10.0 Å². The summed E-state index contributed by atoms with van der Waals surface area (Å²) < 4.78 is 18.2. The van der Waals surface area contributed by atoms with Gasteiger partial charge in [0.15, 0.2) is 0 Å². The van der Waals surface area contributed by atoms with Crippen molar-refractivity contribution < 1.29 is 9.13 Å². The highest BCUT2D eigenvalue weighted by molar-refractivity contribution is 7.80. The van der Waals surface area contributed by atoms with Crippen LogP contribution in [0.5, 0.6) is 5.75 Å². The maximum absolute atomic E-state index is 12.7. The molecule has 0 aliphatic carbocycles. The first-order valence-electron chi connectivity index (χ1n) is 4.39. The number of ether oxygens (including phenoxy) is 1. The molecule has 82 valence electrons. The number of rotatable bonds is 4. The zero-order valence-electron chi connectivity index (χ0n) is 8.17. The Morgan fingerprint density at radius 1 is 1.67 bits per heavy atom. The number of hydrogen-bond donors (Lipinski definition) is 1. The maximum atomic E-state index is 12.7. The first-order chi connectivity index (χ1) is 6.99. The van der Waals surface area contributed by atoms with Gasteiger partial charge in [-0.1, -0.05) is 23.8 Å². The van der Waals surface area contributed by atoms with Crippen LogP contribution < -0.4 is 10.5 Å². The van der Waals surface area contributed by atoms with E-state index < -0.39 is 5.82 Å². The summed E-state index contributed by atoms with van der Waals surface area (Å²) in [5.41, 5.74) is 5.37. The SMILES string of the molecule is CC(CC(N)=S)Oc1ccc(F)cc1Cl. The van der Waals surface area contributed by atoms with E-state index in [-0.39, 0.29) is 11.1 Å². The minimum Gasteiger partial charge on any atom is -0.489 e. The molecule has 1 rings (SSSR count). The van der Waals surface area contributed by atoms with E-state index in [0.29, 0.717) is 17.2 Å². The maximum Gasteiger partial charge on any atom is 0.138 e. The first-order valence-corrected chi connectivity index (χ1v) is 5.17. The van der Waals surface area contributed by atoms with Crippen LogP contribution in [0.2, 0.25) is 5.02 Å². The van der Waals surface area contributed by atoms with Crippen molar-refractivity contribution in [2.75, 3.05) is 0 Å². The van der Waals surface area contributed by atoms with Gasteiger partial charge < -0.3 is 10.5 Å². The summed E-state index contributed by atoms with van der Waals surface area (Å²) in [5.74, 6) is 0.0381. The average Bonchev–Trinajstić information content (AvgIpc) is 2.08. The molecule has 0 amide bonds. The third-order valence-corrected chi connectivity index (χ3v) is 2.17. The van der Waals surface area contributed by atoms with Crippen LogP contribution in [0.3, 0.4) is 0 Å². The number of nitrogens with two attached hydrogens (primary N) is 1. The van der Waals surface area contributed by atoms with Crippen LogP contribution in [0.25, 0.3) is 0 Å². The van der Waals surface area contributed by atoms with Gasteiger partial charge in [0.2, 0.25) is 0 Å². The Balaban J connectivity index is 2.68. The van der Waals surface area contributed by atoms with Gasteiger partial charge in [0.1, 0.15) is 17.7 Å². The quantitative estimate of drug-likeness (QED) is 0.831. The van der Waals surface area contributed by atoms with E-state index >= 15 is 0 Å². The Kier molecular flexibility index (Phi) is 4.29. The normalized spacial score (nSPS) is 12.2. The second-order valence-electron chi connectivity index (χ2n) is 3.17. The third kappa shape index (κ3) is 4.01. The van der Waals surface area contributed by atoms with Crippen molar-refractivity contribution in [1.29, 1.82) is 0 Å². The molecular formula is C10H11ClFNOS. The van der Waals surface area contributed by atoms with E-state index in [4.69, 9.17) is 34.3 Å². The number of benzene rings is 1. The largest absolute Gasteiger partial charge is 0.489 e. The molecule has 0 heterocycles. The molecule has 1 aromatic carbocycles. The molecule has 1 atom stereocenters. The first kappa shape index (κ1) is 12.2. The van der Waals surface area contributed by atoms with Crippen molar-refractivity contribution in [2.45, 2.75) is 19.4 Å². The Hall–Kier alpha value is -0.870. The van der Waals surface area contributed by atoms with E-state index in [1.165, 1.54) is 18.2 Å². The number of hydrogen-bond acceptors (Lipinski definition) is 2. The fourth-order valence-corrected chi connectivity index (χ4v) is 1.56. The van der Waals surface area contributed by atoms with E-state index in [0.717, 1.165) is 0 Å². The molecule has 2 nitrogen and oxygen atoms in total. The van der Waals surface area contributed by atoms with Crippen LogP contribution in [0.4, 0.5) is 4.39 Å². The fourth-order valence-electron chi connectivity index (χ4n) is 1.11. The Labute approximate surface area is 98.2 Å². The lowest BCUT2D eigenvalue weighted by molar-refractivity contribution is 0.230. The highest BCUT2D eigenvalue weighted by atomic mass is 35.5. The summed E-state index contributed by atoms with van der Waals surface area (Å²) in [7, 11) is 0. The van der Waals surface area contributed by atoms with E-state index in [9.17, 15) is 4.39 Å². The molecular weight excluding hydrogens is 237 g/mol. The summed E-state index contributed by atoms with van der Waals surface area (Å²) >= 11 is 10.5. The van der Waals surface area contributed by atoms with Crippen molar-refractivity contribution in [3.63, 3.8) is 0 Å². The van der Waals surface area contributed by atoms with Crippen LogP contribution in [0, 0.1) is 5.82 Å². The zero-order chi connectivity index (χ0) is 11.4. The molecule has 5 heteroatoms. The van der Waals surface area contributed by atoms with Crippen molar-refractivity contribution in [2.24, 2.45) is 5.73 Å². The predicted octanol–water partition coefficient (Wildman–Crippen LogP) is 2.92. The van der Waals surface area contributed by atoms with Gasteiger partial charge in [0.25, 0.3) is 0 Å². The van der Waals surface area contributed by atoms with Gasteiger partial charge in [-0.3, -0.25) is 0 Å². The molecule has 0 aromatic heterocycles. The third-order valence-electron chi connectivity index (χ3n) is 1.71. The van der Waals surface area contributed by atoms with Gasteiger partial charge in [-0.2, -0.15) is 0 Å². The van der Waals surface area contributed by atoms with Crippen molar-refractivity contribution in [3.05, 3.63) is 29.0 Å². The van der Waals surface area contributed by atoms with Crippen LogP contribution >= 0.6 is 23.8 Å². The Morgan fingerprint density at radius 2 is 2.33 bits per heavy atom. The molecule has 0 saturated carbocycles. The second-order valence-corrected chi connectivity index (χ2v) is 4.11. The van der Waals surface area contributed by atoms with Crippen LogP contribution in [-0.4, -0.2) is 11.1 Å². The van der Waals surface area contributed by atoms with E-state index in [2.05, 4.69) is 0 Å². The van der Waals surface area contributed by atoms with Gasteiger partial charge in [-0.25, -0.2) is 4.39 Å². The smallest absolute Gasteiger partial charge is 0.138 e. The molecule has 0 radical (unpaired) electrons. The summed E-state index contributed by atoms with van der Waals surface area (Å²) in [5, 5.41) is 0.241. The van der Waals surface area contributed by atoms with E-state index in [1.807, 2.05) is 6.92 Å². The monoisotopic (exact) mass is 247 g/mol. The molecule has 0 bridgehead atoms. The Bertz CT molecular complexity index is 372. The molecule has 0 aliphatic heterocycles. The van der Waals surface area contributed by atoms with Crippen LogP contribution in [-0.2, 0) is 0 Å². The lowest BCUT2D eigenvalue weighted by Crippen LogP contribution is -2.20. The minimum atomic E-state index is -0.394. The lowest BCUT2D eigenvalue weighted by atomic mass is 10.2. The highest BCUT2D eigenvalue weighted by Gasteiger charge is 2.09. The standard InChI is InChI=1S/C10H11ClFNOS/c1-6(4-10(13)15)14-9-3-2-7(12)5-8(9)11/h2-3,5-6H,4H2,1H3,(H2,13,15). The number of thiocarbonyl (C=S) groups is 1. The minimum absolute atomic E-state index is 0.175. The summed E-state index contributed by atoms with van der Waals surface area (Å²) in [4.78, 5) is 0.376. The summed E-state index contributed by atoms with van der Waals surface area (Å²) in [6.07, 6.45) is 0.286. The number of halogens is 2. The summed E-state index contributed by atoms with van der Waals surface area (Å²) in [6, 6.07) is 3.97.